The molecule has 0 spiro atoms. The fraction of sp³-hybridized carbons (Fsp3) is 0.714. The number of ether oxygens (including phenoxy) is 2. The largest absolute Gasteiger partial charge is 0.493 e. The van der Waals surface area contributed by atoms with E-state index in [4.69, 9.17) is 9.47 Å². The Labute approximate surface area is 148 Å². The Balaban J connectivity index is 1.77. The molecule has 3 heteroatoms. The number of benzene rings is 1. The molecule has 0 saturated carbocycles. The topological polar surface area (TPSA) is 22.9 Å². The average molecular weight is 335 g/mol. The maximum absolute atomic E-state index is 6.12. The van der Waals surface area contributed by atoms with Gasteiger partial charge in [0.05, 0.1) is 13.2 Å². The minimum absolute atomic E-state index is 0.117. The van der Waals surface area contributed by atoms with Gasteiger partial charge >= 0.3 is 0 Å². The Morgan fingerprint density at radius 3 is 2.42 bits per heavy atom. The van der Waals surface area contributed by atoms with E-state index >= 15 is 0 Å². The Morgan fingerprint density at radius 2 is 1.79 bits per heavy atom. The molecular weight excluding hydrogens is 298 g/mol. The molecule has 1 aromatic rings. The molecule has 0 bridgehead atoms. The Bertz CT molecular complexity index is 511. The third-order valence-electron chi connectivity index (χ3n) is 4.74. The van der Waals surface area contributed by atoms with Crippen LogP contribution in [-0.4, -0.2) is 38.4 Å². The quantitative estimate of drug-likeness (QED) is 0.808. The highest BCUT2D eigenvalue weighted by atomic mass is 16.5. The molecule has 1 fully saturated rings. The van der Waals surface area contributed by atoms with Crippen molar-refractivity contribution in [2.75, 3.05) is 26.2 Å². The van der Waals surface area contributed by atoms with Gasteiger partial charge in [-0.3, -0.25) is 0 Å². The van der Waals surface area contributed by atoms with Crippen LogP contribution in [0.1, 0.15) is 58.6 Å². The lowest BCUT2D eigenvalue weighted by atomic mass is 9.85. The number of aryl methyl sites for hydroxylation is 1. The summed E-state index contributed by atoms with van der Waals surface area (Å²) in [6.07, 6.45) is 3.11. The van der Waals surface area contributed by atoms with E-state index in [9.17, 15) is 0 Å². The molecule has 24 heavy (non-hydrogen) atoms. The molecule has 1 aromatic carbocycles. The highest BCUT2D eigenvalue weighted by Gasteiger charge is 2.25. The third-order valence-corrected chi connectivity index (χ3v) is 4.74. The van der Waals surface area contributed by atoms with Crippen molar-refractivity contribution in [2.45, 2.75) is 72.0 Å². The molecule has 136 valence electrons. The minimum Gasteiger partial charge on any atom is -0.493 e. The monoisotopic (exact) mass is 334 g/mol. The second-order valence-electron chi connectivity index (χ2n) is 8.47. The van der Waals surface area contributed by atoms with Gasteiger partial charge in [0.15, 0.2) is 0 Å². The first-order chi connectivity index (χ1) is 11.3. The fourth-order valence-corrected chi connectivity index (χ4v) is 3.61. The zero-order chi connectivity index (χ0) is 17.7. The predicted molar refractivity (Wildman–Crippen MR) is 100 cm³/mol. The Kier molecular flexibility index (Phi) is 6.70. The van der Waals surface area contributed by atoms with Crippen LogP contribution < -0.4 is 9.64 Å². The van der Waals surface area contributed by atoms with Crippen LogP contribution in [-0.2, 0) is 10.2 Å². The molecule has 1 unspecified atom stereocenters. The summed E-state index contributed by atoms with van der Waals surface area (Å²) in [5, 5.41) is 0. The van der Waals surface area contributed by atoms with Gasteiger partial charge in [-0.1, -0.05) is 38.5 Å². The lowest BCUT2D eigenvalue weighted by Gasteiger charge is -2.32. The summed E-state index contributed by atoms with van der Waals surface area (Å²) in [5.74, 6) is 1.05. The van der Waals surface area contributed by atoms with Crippen LogP contribution in [0.4, 0.5) is 0 Å². The van der Waals surface area contributed by atoms with E-state index < -0.39 is 0 Å². The van der Waals surface area contributed by atoms with Gasteiger partial charge in [-0.05, 0) is 50.7 Å². The van der Waals surface area contributed by atoms with Crippen molar-refractivity contribution in [3.63, 3.8) is 0 Å². The number of quaternary nitrogens is 1. The second kappa shape index (κ2) is 8.35. The summed E-state index contributed by atoms with van der Waals surface area (Å²) in [6, 6.07) is 6.54. The van der Waals surface area contributed by atoms with Crippen LogP contribution in [0, 0.1) is 6.92 Å². The van der Waals surface area contributed by atoms with Crippen LogP contribution in [0.2, 0.25) is 0 Å². The van der Waals surface area contributed by atoms with Crippen LogP contribution in [0.3, 0.4) is 0 Å². The standard InChI is InChI=1S/C21H35NO2/c1-16-9-10-20(19(13-16)21(4,5)6)23-12-8-7-11-22-14-17(2)24-18(3)15-22/h9-10,13,17-18H,7-8,11-12,14-15H2,1-6H3/p+1/t17-,18+. The molecule has 1 saturated heterocycles. The highest BCUT2D eigenvalue weighted by Crippen LogP contribution is 2.32. The SMILES string of the molecule is Cc1ccc(OCCCC[NH+]2C[C@@H](C)O[C@@H](C)C2)c(C(C)(C)C)c1. The van der Waals surface area contributed by atoms with Gasteiger partial charge in [0.25, 0.3) is 0 Å². The van der Waals surface area contributed by atoms with Gasteiger partial charge in [-0.25, -0.2) is 0 Å². The zero-order valence-corrected chi connectivity index (χ0v) is 16.4. The molecule has 1 N–H and O–H groups in total. The van der Waals surface area contributed by atoms with Crippen molar-refractivity contribution in [3.8, 4) is 5.75 Å². The van der Waals surface area contributed by atoms with E-state index in [1.807, 2.05) is 0 Å². The van der Waals surface area contributed by atoms with Gasteiger partial charge in [-0.15, -0.1) is 0 Å². The van der Waals surface area contributed by atoms with Crippen LogP contribution >= 0.6 is 0 Å². The second-order valence-corrected chi connectivity index (χ2v) is 8.47. The smallest absolute Gasteiger partial charge is 0.123 e. The lowest BCUT2D eigenvalue weighted by molar-refractivity contribution is -0.915. The molecule has 1 aliphatic rings. The van der Waals surface area contributed by atoms with Gasteiger partial charge in [0, 0.05) is 0 Å². The summed E-state index contributed by atoms with van der Waals surface area (Å²) in [6.45, 7) is 17.6. The van der Waals surface area contributed by atoms with E-state index in [2.05, 4.69) is 59.7 Å². The van der Waals surface area contributed by atoms with Crippen LogP contribution in [0.25, 0.3) is 0 Å². The van der Waals surface area contributed by atoms with Crippen molar-refractivity contribution < 1.29 is 14.4 Å². The van der Waals surface area contributed by atoms with Crippen molar-refractivity contribution in [1.29, 1.82) is 0 Å². The van der Waals surface area contributed by atoms with Gasteiger partial charge < -0.3 is 14.4 Å². The number of rotatable bonds is 6. The maximum Gasteiger partial charge on any atom is 0.123 e. The average Bonchev–Trinajstić information content (AvgIpc) is 2.46. The van der Waals surface area contributed by atoms with Gasteiger partial charge in [0.1, 0.15) is 31.0 Å². The fourth-order valence-electron chi connectivity index (χ4n) is 3.61. The van der Waals surface area contributed by atoms with Crippen molar-refractivity contribution in [3.05, 3.63) is 29.3 Å². The summed E-state index contributed by atoms with van der Waals surface area (Å²) in [7, 11) is 0. The first kappa shape index (κ1) is 19.3. The number of hydrogen-bond donors (Lipinski definition) is 1. The molecule has 2 rings (SSSR count). The molecule has 0 aliphatic carbocycles. The Morgan fingerprint density at radius 1 is 1.12 bits per heavy atom. The first-order valence-corrected chi connectivity index (χ1v) is 9.48. The molecule has 1 heterocycles. The number of nitrogens with one attached hydrogen (secondary N) is 1. The summed E-state index contributed by atoms with van der Waals surface area (Å²) in [5.41, 5.74) is 2.72. The van der Waals surface area contributed by atoms with Crippen molar-refractivity contribution >= 4 is 0 Å². The van der Waals surface area contributed by atoms with Crippen LogP contribution in [0.15, 0.2) is 18.2 Å². The maximum atomic E-state index is 6.12. The molecule has 0 aromatic heterocycles. The highest BCUT2D eigenvalue weighted by molar-refractivity contribution is 5.41. The van der Waals surface area contributed by atoms with E-state index in [1.54, 1.807) is 4.90 Å². The molecular formula is C21H36NO2+. The summed E-state index contributed by atoms with van der Waals surface area (Å²) >= 11 is 0. The summed E-state index contributed by atoms with van der Waals surface area (Å²) < 4.78 is 11.9. The van der Waals surface area contributed by atoms with Crippen molar-refractivity contribution in [2.24, 2.45) is 0 Å². The molecule has 0 amide bonds. The van der Waals surface area contributed by atoms with E-state index in [0.717, 1.165) is 31.9 Å². The van der Waals surface area contributed by atoms with E-state index in [0.29, 0.717) is 12.2 Å². The van der Waals surface area contributed by atoms with E-state index in [-0.39, 0.29) is 5.41 Å². The molecule has 1 aliphatic heterocycles. The first-order valence-electron chi connectivity index (χ1n) is 9.48. The van der Waals surface area contributed by atoms with Crippen molar-refractivity contribution in [1.82, 2.24) is 0 Å². The number of morpholine rings is 1. The predicted octanol–water partition coefficient (Wildman–Crippen LogP) is 3.14. The van der Waals surface area contributed by atoms with E-state index in [1.165, 1.54) is 24.1 Å². The Hall–Kier alpha value is -1.06. The number of unbranched alkanes of at least 4 members (excludes halogenated alkanes) is 1. The lowest BCUT2D eigenvalue weighted by Crippen LogP contribution is -3.15. The molecule has 0 radical (unpaired) electrons. The van der Waals surface area contributed by atoms with Crippen LogP contribution in [0.5, 0.6) is 5.75 Å². The molecule has 3 nitrogen and oxygen atoms in total. The van der Waals surface area contributed by atoms with Gasteiger partial charge in [-0.2, -0.15) is 0 Å². The summed E-state index contributed by atoms with van der Waals surface area (Å²) in [4.78, 5) is 1.67. The minimum atomic E-state index is 0.117. The van der Waals surface area contributed by atoms with Gasteiger partial charge in [0.2, 0.25) is 0 Å². The normalized spacial score (nSPS) is 24.8. The third kappa shape index (κ3) is 5.78. The number of hydrogen-bond acceptors (Lipinski definition) is 2. The zero-order valence-electron chi connectivity index (χ0n) is 16.4. The molecule has 3 atom stereocenters.